The summed E-state index contributed by atoms with van der Waals surface area (Å²) in [5.74, 6) is 0.714. The maximum absolute atomic E-state index is 11.7. The third-order valence-electron chi connectivity index (χ3n) is 2.71. The fourth-order valence-corrected chi connectivity index (χ4v) is 1.66. The molecule has 4 N–H and O–H groups in total. The van der Waals surface area contributed by atoms with Crippen molar-refractivity contribution < 1.29 is 9.53 Å². The number of nitrogens with zero attached hydrogens (tertiary/aromatic N) is 1. The van der Waals surface area contributed by atoms with E-state index >= 15 is 0 Å². The van der Waals surface area contributed by atoms with E-state index in [9.17, 15) is 4.79 Å². The van der Waals surface area contributed by atoms with Gasteiger partial charge in [0.25, 0.3) is 0 Å². The van der Waals surface area contributed by atoms with Crippen LogP contribution in [0.15, 0.2) is 12.4 Å². The third kappa shape index (κ3) is 2.40. The van der Waals surface area contributed by atoms with Gasteiger partial charge in [0.1, 0.15) is 11.4 Å². The molecular formula is C10H16N4O2. The van der Waals surface area contributed by atoms with Gasteiger partial charge in [-0.1, -0.05) is 0 Å². The summed E-state index contributed by atoms with van der Waals surface area (Å²) in [4.78, 5) is 18.8. The molecule has 1 aromatic heterocycles. The van der Waals surface area contributed by atoms with E-state index in [4.69, 9.17) is 10.5 Å². The van der Waals surface area contributed by atoms with Gasteiger partial charge in [0.05, 0.1) is 6.61 Å². The molecule has 0 aliphatic carbocycles. The fraction of sp³-hybridized carbons (Fsp3) is 0.600. The zero-order valence-corrected chi connectivity index (χ0v) is 9.03. The van der Waals surface area contributed by atoms with Gasteiger partial charge in [-0.2, -0.15) is 0 Å². The van der Waals surface area contributed by atoms with Crippen LogP contribution in [0.4, 0.5) is 0 Å². The van der Waals surface area contributed by atoms with Crippen molar-refractivity contribution in [1.82, 2.24) is 15.3 Å². The number of carbonyl (C=O) groups is 1. The summed E-state index contributed by atoms with van der Waals surface area (Å²) in [5.41, 5.74) is 5.06. The highest BCUT2D eigenvalue weighted by atomic mass is 16.5. The number of nitrogens with one attached hydrogen (secondary N) is 2. The molecule has 16 heavy (non-hydrogen) atoms. The van der Waals surface area contributed by atoms with Gasteiger partial charge >= 0.3 is 0 Å². The van der Waals surface area contributed by atoms with Gasteiger partial charge in [0, 0.05) is 32.0 Å². The number of H-pyrrole nitrogens is 1. The quantitative estimate of drug-likeness (QED) is 0.623. The largest absolute Gasteiger partial charge is 0.379 e. The van der Waals surface area contributed by atoms with Crippen molar-refractivity contribution in [3.05, 3.63) is 18.2 Å². The number of rotatable bonds is 4. The standard InChI is InChI=1S/C10H16N4O2/c11-10(2-6-16-7-10)9(15)14-3-1-8-12-4-5-13-8/h4-5H,1-3,6-7,11H2,(H,12,13)(H,14,15). The van der Waals surface area contributed by atoms with Crippen LogP contribution in [-0.2, 0) is 16.0 Å². The molecule has 1 fully saturated rings. The van der Waals surface area contributed by atoms with Crippen LogP contribution in [-0.4, -0.2) is 41.2 Å². The Hall–Kier alpha value is -1.40. The van der Waals surface area contributed by atoms with E-state index in [0.29, 0.717) is 32.6 Å². The molecule has 1 aliphatic heterocycles. The van der Waals surface area contributed by atoms with E-state index in [2.05, 4.69) is 15.3 Å². The van der Waals surface area contributed by atoms with Gasteiger partial charge in [-0.3, -0.25) is 4.79 Å². The summed E-state index contributed by atoms with van der Waals surface area (Å²) >= 11 is 0. The van der Waals surface area contributed by atoms with Gasteiger partial charge in [0.15, 0.2) is 0 Å². The normalized spacial score (nSPS) is 24.6. The minimum Gasteiger partial charge on any atom is -0.379 e. The van der Waals surface area contributed by atoms with Crippen molar-refractivity contribution in [2.75, 3.05) is 19.8 Å². The number of hydrogen-bond donors (Lipinski definition) is 3. The first-order valence-electron chi connectivity index (χ1n) is 5.34. The number of hydrogen-bond acceptors (Lipinski definition) is 4. The van der Waals surface area contributed by atoms with E-state index < -0.39 is 5.54 Å². The van der Waals surface area contributed by atoms with Crippen molar-refractivity contribution in [2.45, 2.75) is 18.4 Å². The molecule has 1 unspecified atom stereocenters. The minimum absolute atomic E-state index is 0.142. The molecule has 6 nitrogen and oxygen atoms in total. The molecule has 88 valence electrons. The second-order valence-electron chi connectivity index (χ2n) is 4.00. The predicted molar refractivity (Wildman–Crippen MR) is 57.7 cm³/mol. The Morgan fingerprint density at radius 3 is 3.25 bits per heavy atom. The Morgan fingerprint density at radius 2 is 2.62 bits per heavy atom. The van der Waals surface area contributed by atoms with Crippen LogP contribution in [0.1, 0.15) is 12.2 Å². The Labute approximate surface area is 93.6 Å². The molecule has 2 heterocycles. The van der Waals surface area contributed by atoms with Crippen molar-refractivity contribution in [3.63, 3.8) is 0 Å². The highest BCUT2D eigenvalue weighted by Crippen LogP contribution is 2.15. The molecule has 1 saturated heterocycles. The summed E-state index contributed by atoms with van der Waals surface area (Å²) in [5, 5.41) is 2.80. The van der Waals surface area contributed by atoms with Gasteiger partial charge < -0.3 is 20.8 Å². The zero-order valence-electron chi connectivity index (χ0n) is 9.03. The molecule has 6 heteroatoms. The van der Waals surface area contributed by atoms with Crippen molar-refractivity contribution in [3.8, 4) is 0 Å². The van der Waals surface area contributed by atoms with Crippen LogP contribution >= 0.6 is 0 Å². The molecule has 2 rings (SSSR count). The molecule has 1 atom stereocenters. The second-order valence-corrected chi connectivity index (χ2v) is 4.00. The maximum atomic E-state index is 11.7. The van der Waals surface area contributed by atoms with Crippen molar-refractivity contribution >= 4 is 5.91 Å². The smallest absolute Gasteiger partial charge is 0.242 e. The van der Waals surface area contributed by atoms with Crippen LogP contribution in [0.5, 0.6) is 0 Å². The molecule has 1 aliphatic rings. The number of nitrogens with two attached hydrogens (primary N) is 1. The number of ether oxygens (including phenoxy) is 1. The van der Waals surface area contributed by atoms with Crippen LogP contribution in [0, 0.1) is 0 Å². The number of imidazole rings is 1. The highest BCUT2D eigenvalue weighted by molar-refractivity contribution is 5.86. The SMILES string of the molecule is NC1(C(=O)NCCc2ncc[nH]2)CCOC1. The molecule has 1 aromatic rings. The molecule has 0 spiro atoms. The van der Waals surface area contributed by atoms with E-state index in [-0.39, 0.29) is 5.91 Å². The lowest BCUT2D eigenvalue weighted by atomic mass is 9.99. The Kier molecular flexibility index (Phi) is 3.21. The lowest BCUT2D eigenvalue weighted by molar-refractivity contribution is -0.126. The Balaban J connectivity index is 1.75. The lowest BCUT2D eigenvalue weighted by Crippen LogP contribution is -2.54. The fourth-order valence-electron chi connectivity index (χ4n) is 1.66. The first-order chi connectivity index (χ1) is 7.71. The van der Waals surface area contributed by atoms with Crippen molar-refractivity contribution in [1.29, 1.82) is 0 Å². The van der Waals surface area contributed by atoms with Crippen molar-refractivity contribution in [2.24, 2.45) is 5.73 Å². The molecule has 0 saturated carbocycles. The van der Waals surface area contributed by atoms with Crippen LogP contribution in [0.25, 0.3) is 0 Å². The monoisotopic (exact) mass is 224 g/mol. The van der Waals surface area contributed by atoms with E-state index in [1.807, 2.05) is 0 Å². The highest BCUT2D eigenvalue weighted by Gasteiger charge is 2.37. The lowest BCUT2D eigenvalue weighted by Gasteiger charge is -2.20. The summed E-state index contributed by atoms with van der Waals surface area (Å²) < 4.78 is 5.13. The molecule has 1 amide bonds. The van der Waals surface area contributed by atoms with Crippen LogP contribution < -0.4 is 11.1 Å². The van der Waals surface area contributed by atoms with E-state index in [1.54, 1.807) is 12.4 Å². The third-order valence-corrected chi connectivity index (χ3v) is 2.71. The first kappa shape index (κ1) is 11.1. The molecular weight excluding hydrogens is 208 g/mol. The van der Waals surface area contributed by atoms with Crippen LogP contribution in [0.3, 0.4) is 0 Å². The average Bonchev–Trinajstić information content (AvgIpc) is 2.90. The molecule has 0 bridgehead atoms. The minimum atomic E-state index is -0.844. The molecule has 0 aromatic carbocycles. The van der Waals surface area contributed by atoms with E-state index in [0.717, 1.165) is 5.82 Å². The maximum Gasteiger partial charge on any atom is 0.242 e. The first-order valence-corrected chi connectivity index (χ1v) is 5.34. The van der Waals surface area contributed by atoms with Gasteiger partial charge in [-0.15, -0.1) is 0 Å². The summed E-state index contributed by atoms with van der Waals surface area (Å²) in [7, 11) is 0. The van der Waals surface area contributed by atoms with Crippen LogP contribution in [0.2, 0.25) is 0 Å². The number of aromatic amines is 1. The van der Waals surface area contributed by atoms with Gasteiger partial charge in [0.2, 0.25) is 5.91 Å². The number of carbonyl (C=O) groups excluding carboxylic acids is 1. The topological polar surface area (TPSA) is 93.0 Å². The predicted octanol–water partition coefficient (Wildman–Crippen LogP) is -0.814. The van der Waals surface area contributed by atoms with E-state index in [1.165, 1.54) is 0 Å². The summed E-state index contributed by atoms with van der Waals surface area (Å²) in [6.45, 7) is 1.40. The van der Waals surface area contributed by atoms with Gasteiger partial charge in [-0.25, -0.2) is 4.98 Å². The summed E-state index contributed by atoms with van der Waals surface area (Å²) in [6.07, 6.45) is 4.70. The summed E-state index contributed by atoms with van der Waals surface area (Å²) in [6, 6.07) is 0. The Morgan fingerprint density at radius 1 is 1.75 bits per heavy atom. The van der Waals surface area contributed by atoms with Gasteiger partial charge in [-0.05, 0) is 6.42 Å². The zero-order chi connectivity index (χ0) is 11.4. The second kappa shape index (κ2) is 4.63. The molecule has 0 radical (unpaired) electrons. The Bertz CT molecular complexity index is 344. The number of aromatic nitrogens is 2. The number of amides is 1. The average molecular weight is 224 g/mol.